The number of ether oxygens (including phenoxy) is 1. The molecule has 1 N–H and O–H groups in total. The molecule has 2 atom stereocenters. The monoisotopic (exact) mass is 278 g/mol. The Bertz CT molecular complexity index is 476. The molecule has 1 aromatic rings. The van der Waals surface area contributed by atoms with E-state index < -0.39 is 0 Å². The highest BCUT2D eigenvalue weighted by atomic mass is 19.1. The van der Waals surface area contributed by atoms with Gasteiger partial charge in [0.05, 0.1) is 7.11 Å². The van der Waals surface area contributed by atoms with Crippen molar-refractivity contribution in [1.29, 1.82) is 0 Å². The van der Waals surface area contributed by atoms with Crippen LogP contribution in [0.15, 0.2) is 18.2 Å². The van der Waals surface area contributed by atoms with E-state index in [1.165, 1.54) is 26.4 Å². The summed E-state index contributed by atoms with van der Waals surface area (Å²) in [7, 11) is 3.63. The molecule has 1 aromatic carbocycles. The number of methoxy groups -OCH3 is 1. The van der Waals surface area contributed by atoms with Crippen LogP contribution in [-0.4, -0.2) is 38.2 Å². The van der Waals surface area contributed by atoms with Gasteiger partial charge in [0, 0.05) is 18.6 Å². The quantitative estimate of drug-likeness (QED) is 0.896. The van der Waals surface area contributed by atoms with Crippen LogP contribution >= 0.6 is 0 Å². The van der Waals surface area contributed by atoms with Crippen LogP contribution in [0.3, 0.4) is 0 Å². The maximum Gasteiger partial charge on any atom is 0.165 e. The first-order valence-corrected chi connectivity index (χ1v) is 7.46. The van der Waals surface area contributed by atoms with Crippen molar-refractivity contribution < 1.29 is 9.13 Å². The Kier molecular flexibility index (Phi) is 3.94. The molecule has 2 aliphatic rings. The van der Waals surface area contributed by atoms with Crippen molar-refractivity contribution >= 4 is 0 Å². The van der Waals surface area contributed by atoms with Crippen LogP contribution in [-0.2, 0) is 0 Å². The average Bonchev–Trinajstić information content (AvgIpc) is 3.19. The smallest absolute Gasteiger partial charge is 0.165 e. The number of nitrogens with zero attached hydrogens (tertiary/aromatic N) is 1. The molecule has 3 rings (SSSR count). The second kappa shape index (κ2) is 5.70. The average molecular weight is 278 g/mol. The van der Waals surface area contributed by atoms with Gasteiger partial charge in [-0.05, 0) is 56.5 Å². The van der Waals surface area contributed by atoms with Crippen molar-refractivity contribution in [2.45, 2.75) is 31.3 Å². The van der Waals surface area contributed by atoms with E-state index in [1.807, 2.05) is 6.07 Å². The van der Waals surface area contributed by atoms with Crippen molar-refractivity contribution in [1.82, 2.24) is 10.2 Å². The van der Waals surface area contributed by atoms with Gasteiger partial charge in [-0.2, -0.15) is 0 Å². The molecule has 4 heteroatoms. The lowest BCUT2D eigenvalue weighted by molar-refractivity contribution is 0.270. The van der Waals surface area contributed by atoms with Gasteiger partial charge in [0.15, 0.2) is 11.6 Å². The SMILES string of the molecule is COc1ccc(C2C(CNC3CC3)CCN2C)cc1F. The summed E-state index contributed by atoms with van der Waals surface area (Å²) in [4.78, 5) is 2.33. The zero-order valence-corrected chi connectivity index (χ0v) is 12.2. The van der Waals surface area contributed by atoms with Crippen molar-refractivity contribution in [3.05, 3.63) is 29.6 Å². The van der Waals surface area contributed by atoms with Gasteiger partial charge in [-0.25, -0.2) is 4.39 Å². The number of likely N-dealkylation sites (tertiary alicyclic amines) is 1. The first kappa shape index (κ1) is 13.8. The lowest BCUT2D eigenvalue weighted by atomic mass is 9.93. The number of halogens is 1. The fourth-order valence-corrected chi connectivity index (χ4v) is 3.24. The van der Waals surface area contributed by atoms with Gasteiger partial charge in [0.1, 0.15) is 0 Å². The van der Waals surface area contributed by atoms with E-state index in [-0.39, 0.29) is 5.82 Å². The molecule has 2 fully saturated rings. The Morgan fingerprint density at radius 3 is 2.80 bits per heavy atom. The van der Waals surface area contributed by atoms with Crippen molar-refractivity contribution in [3.63, 3.8) is 0 Å². The van der Waals surface area contributed by atoms with Gasteiger partial charge in [-0.15, -0.1) is 0 Å². The zero-order valence-electron chi connectivity index (χ0n) is 12.2. The molecule has 1 saturated heterocycles. The van der Waals surface area contributed by atoms with Gasteiger partial charge < -0.3 is 10.1 Å². The van der Waals surface area contributed by atoms with Gasteiger partial charge in [0.25, 0.3) is 0 Å². The summed E-state index contributed by atoms with van der Waals surface area (Å²) in [5, 5.41) is 3.61. The van der Waals surface area contributed by atoms with Crippen molar-refractivity contribution in [2.24, 2.45) is 5.92 Å². The van der Waals surface area contributed by atoms with Crippen molar-refractivity contribution in [2.75, 3.05) is 27.2 Å². The third-order valence-electron chi connectivity index (χ3n) is 4.54. The zero-order chi connectivity index (χ0) is 14.1. The summed E-state index contributed by atoms with van der Waals surface area (Å²) in [6.07, 6.45) is 3.79. The molecule has 1 heterocycles. The summed E-state index contributed by atoms with van der Waals surface area (Å²) in [5.74, 6) is 0.620. The Hall–Kier alpha value is -1.13. The van der Waals surface area contributed by atoms with E-state index in [2.05, 4.69) is 17.3 Å². The number of hydrogen-bond acceptors (Lipinski definition) is 3. The molecule has 20 heavy (non-hydrogen) atoms. The van der Waals surface area contributed by atoms with E-state index in [0.717, 1.165) is 24.7 Å². The highest BCUT2D eigenvalue weighted by molar-refractivity contribution is 5.32. The maximum atomic E-state index is 13.9. The topological polar surface area (TPSA) is 24.5 Å². The number of benzene rings is 1. The summed E-state index contributed by atoms with van der Waals surface area (Å²) in [6.45, 7) is 2.11. The van der Waals surface area contributed by atoms with Crippen LogP contribution in [0.1, 0.15) is 30.9 Å². The minimum Gasteiger partial charge on any atom is -0.494 e. The lowest BCUT2D eigenvalue weighted by Gasteiger charge is -2.26. The molecule has 0 radical (unpaired) electrons. The highest BCUT2D eigenvalue weighted by Crippen LogP contribution is 2.37. The predicted octanol–water partition coefficient (Wildman–Crippen LogP) is 2.58. The minimum atomic E-state index is -0.265. The summed E-state index contributed by atoms with van der Waals surface area (Å²) in [5.41, 5.74) is 1.06. The summed E-state index contributed by atoms with van der Waals surface area (Å²) >= 11 is 0. The first-order valence-electron chi connectivity index (χ1n) is 7.46. The Morgan fingerprint density at radius 2 is 2.15 bits per heavy atom. The summed E-state index contributed by atoms with van der Waals surface area (Å²) < 4.78 is 18.9. The van der Waals surface area contributed by atoms with Gasteiger partial charge in [0.2, 0.25) is 0 Å². The Balaban J connectivity index is 1.75. The Morgan fingerprint density at radius 1 is 1.35 bits per heavy atom. The molecule has 1 aliphatic heterocycles. The van der Waals surface area contributed by atoms with Crippen LogP contribution in [0, 0.1) is 11.7 Å². The van der Waals surface area contributed by atoms with Crippen molar-refractivity contribution in [3.8, 4) is 5.75 Å². The van der Waals surface area contributed by atoms with E-state index in [1.54, 1.807) is 12.1 Å². The van der Waals surface area contributed by atoms with Crippen LogP contribution in [0.5, 0.6) is 5.75 Å². The number of hydrogen-bond donors (Lipinski definition) is 1. The predicted molar refractivity (Wildman–Crippen MR) is 77.5 cm³/mol. The molecule has 0 aromatic heterocycles. The molecule has 0 bridgehead atoms. The van der Waals surface area contributed by atoms with E-state index in [0.29, 0.717) is 17.7 Å². The van der Waals surface area contributed by atoms with Gasteiger partial charge in [-0.1, -0.05) is 6.07 Å². The standard InChI is InChI=1S/C16H23FN2O/c1-19-8-7-12(10-18-13-4-5-13)16(19)11-3-6-15(20-2)14(17)9-11/h3,6,9,12-13,16,18H,4-5,7-8,10H2,1-2H3. The molecular weight excluding hydrogens is 255 g/mol. The van der Waals surface area contributed by atoms with Gasteiger partial charge >= 0.3 is 0 Å². The summed E-state index contributed by atoms with van der Waals surface area (Å²) in [6, 6.07) is 6.41. The molecule has 1 aliphatic carbocycles. The van der Waals surface area contributed by atoms with Crippen LogP contribution in [0.2, 0.25) is 0 Å². The largest absolute Gasteiger partial charge is 0.494 e. The fourth-order valence-electron chi connectivity index (χ4n) is 3.24. The van der Waals surface area contributed by atoms with E-state index >= 15 is 0 Å². The molecule has 0 spiro atoms. The van der Waals surface area contributed by atoms with Crippen LogP contribution in [0.4, 0.5) is 4.39 Å². The lowest BCUT2D eigenvalue weighted by Crippen LogP contribution is -2.29. The minimum absolute atomic E-state index is 0.265. The normalized spacial score (nSPS) is 26.9. The maximum absolute atomic E-state index is 13.9. The van der Waals surface area contributed by atoms with E-state index in [9.17, 15) is 4.39 Å². The molecule has 3 nitrogen and oxygen atoms in total. The fraction of sp³-hybridized carbons (Fsp3) is 0.625. The van der Waals surface area contributed by atoms with E-state index in [4.69, 9.17) is 4.74 Å². The third-order valence-corrected chi connectivity index (χ3v) is 4.54. The third kappa shape index (κ3) is 2.81. The number of rotatable bonds is 5. The number of nitrogens with one attached hydrogen (secondary N) is 1. The first-order chi connectivity index (χ1) is 9.69. The highest BCUT2D eigenvalue weighted by Gasteiger charge is 2.34. The molecule has 1 saturated carbocycles. The van der Waals surface area contributed by atoms with Crippen LogP contribution < -0.4 is 10.1 Å². The van der Waals surface area contributed by atoms with Gasteiger partial charge in [-0.3, -0.25) is 4.90 Å². The second-order valence-electron chi connectivity index (χ2n) is 6.05. The molecule has 0 amide bonds. The Labute approximate surface area is 120 Å². The molecule has 110 valence electrons. The second-order valence-corrected chi connectivity index (χ2v) is 6.05. The molecule has 2 unspecified atom stereocenters. The molecular formula is C16H23FN2O. The van der Waals surface area contributed by atoms with Crippen LogP contribution in [0.25, 0.3) is 0 Å².